The molecule has 2 saturated heterocycles. The van der Waals surface area contributed by atoms with Gasteiger partial charge in [0.15, 0.2) is 0 Å². The molecule has 5 nitrogen and oxygen atoms in total. The molecule has 0 radical (unpaired) electrons. The summed E-state index contributed by atoms with van der Waals surface area (Å²) in [6, 6.07) is 0.441. The van der Waals surface area contributed by atoms with E-state index in [0.29, 0.717) is 24.6 Å². The number of hydrogen-bond donors (Lipinski definition) is 1. The Balaban J connectivity index is 1.60. The van der Waals surface area contributed by atoms with E-state index in [2.05, 4.69) is 19.2 Å². The molecule has 2 atom stereocenters. The van der Waals surface area contributed by atoms with Gasteiger partial charge in [-0.3, -0.25) is 0 Å². The van der Waals surface area contributed by atoms with Gasteiger partial charge in [0.25, 0.3) is 0 Å². The second-order valence-corrected chi connectivity index (χ2v) is 6.81. The number of hydrogen-bond acceptors (Lipinski definition) is 3. The van der Waals surface area contributed by atoms with Gasteiger partial charge in [0.1, 0.15) is 0 Å². The van der Waals surface area contributed by atoms with Crippen molar-refractivity contribution in [3.8, 4) is 0 Å². The molecule has 0 spiro atoms. The minimum Gasteiger partial charge on any atom is -0.381 e. The van der Waals surface area contributed by atoms with E-state index in [9.17, 15) is 4.79 Å². The maximum atomic E-state index is 12.3. The lowest BCUT2D eigenvalue weighted by Gasteiger charge is -2.29. The smallest absolute Gasteiger partial charge is 0.317 e. The highest BCUT2D eigenvalue weighted by Crippen LogP contribution is 2.20. The molecule has 2 heterocycles. The summed E-state index contributed by atoms with van der Waals surface area (Å²) < 4.78 is 11.1. The molecule has 0 aromatic heterocycles. The van der Waals surface area contributed by atoms with Crippen LogP contribution in [-0.2, 0) is 9.47 Å². The molecule has 22 heavy (non-hydrogen) atoms. The highest BCUT2D eigenvalue weighted by atomic mass is 16.5. The van der Waals surface area contributed by atoms with Gasteiger partial charge in [-0.1, -0.05) is 13.3 Å². The second-order valence-electron chi connectivity index (χ2n) is 6.81. The first-order valence-electron chi connectivity index (χ1n) is 8.90. The van der Waals surface area contributed by atoms with Crippen LogP contribution < -0.4 is 5.32 Å². The van der Waals surface area contributed by atoms with E-state index in [4.69, 9.17) is 9.47 Å². The fraction of sp³-hybridized carbons (Fsp3) is 0.941. The van der Waals surface area contributed by atoms with Gasteiger partial charge < -0.3 is 19.7 Å². The number of carbonyl (C=O) groups excluding carboxylic acids is 1. The van der Waals surface area contributed by atoms with Gasteiger partial charge in [-0.15, -0.1) is 0 Å². The maximum absolute atomic E-state index is 12.3. The van der Waals surface area contributed by atoms with Crippen molar-refractivity contribution >= 4 is 6.03 Å². The van der Waals surface area contributed by atoms with Crippen molar-refractivity contribution in [2.75, 3.05) is 32.9 Å². The first-order chi connectivity index (χ1) is 10.7. The fourth-order valence-corrected chi connectivity index (χ4v) is 3.27. The summed E-state index contributed by atoms with van der Waals surface area (Å²) in [7, 11) is 0. The Morgan fingerprint density at radius 3 is 2.77 bits per heavy atom. The molecular weight excluding hydrogens is 280 g/mol. The van der Waals surface area contributed by atoms with Crippen LogP contribution in [0.25, 0.3) is 0 Å². The van der Waals surface area contributed by atoms with Crippen LogP contribution >= 0.6 is 0 Å². The molecule has 2 amide bonds. The summed E-state index contributed by atoms with van der Waals surface area (Å²) in [6.07, 6.45) is 6.78. The second kappa shape index (κ2) is 9.36. The summed E-state index contributed by atoms with van der Waals surface area (Å²) in [5.41, 5.74) is 0. The number of likely N-dealkylation sites (tertiary alicyclic amines) is 1. The Bertz CT molecular complexity index is 332. The number of amides is 2. The minimum absolute atomic E-state index is 0.0901. The van der Waals surface area contributed by atoms with Crippen LogP contribution in [0.15, 0.2) is 0 Å². The third-order valence-corrected chi connectivity index (χ3v) is 4.74. The molecular formula is C17H32N2O3. The molecule has 2 rings (SSSR count). The number of rotatable bonds is 5. The summed E-state index contributed by atoms with van der Waals surface area (Å²) in [6.45, 7) is 8.31. The lowest BCUT2D eigenvalue weighted by molar-refractivity contribution is -0.0321. The van der Waals surface area contributed by atoms with E-state index in [0.717, 1.165) is 52.0 Å². The van der Waals surface area contributed by atoms with Crippen molar-refractivity contribution in [2.24, 2.45) is 5.92 Å². The van der Waals surface area contributed by atoms with Crippen molar-refractivity contribution in [3.63, 3.8) is 0 Å². The molecule has 2 aliphatic rings. The van der Waals surface area contributed by atoms with Crippen molar-refractivity contribution in [1.82, 2.24) is 10.2 Å². The highest BCUT2D eigenvalue weighted by Gasteiger charge is 2.24. The normalized spacial score (nSPS) is 27.5. The van der Waals surface area contributed by atoms with Gasteiger partial charge in [0.05, 0.1) is 6.10 Å². The molecule has 0 aliphatic carbocycles. The average molecular weight is 312 g/mol. The summed E-state index contributed by atoms with van der Waals surface area (Å²) >= 11 is 0. The number of nitrogens with one attached hydrogen (secondary N) is 1. The van der Waals surface area contributed by atoms with E-state index in [1.54, 1.807) is 0 Å². The minimum atomic E-state index is 0.0901. The van der Waals surface area contributed by atoms with Crippen LogP contribution in [0.2, 0.25) is 0 Å². The summed E-state index contributed by atoms with van der Waals surface area (Å²) in [4.78, 5) is 14.3. The fourth-order valence-electron chi connectivity index (χ4n) is 3.27. The SMILES string of the molecule is CC1CCCC(C)N(C(=O)NCCCOC2CCOCC2)C1. The average Bonchev–Trinajstić information content (AvgIpc) is 2.69. The highest BCUT2D eigenvalue weighted by molar-refractivity contribution is 5.74. The zero-order valence-electron chi connectivity index (χ0n) is 14.2. The molecule has 2 aliphatic heterocycles. The van der Waals surface area contributed by atoms with Gasteiger partial charge in [0, 0.05) is 39.0 Å². The zero-order chi connectivity index (χ0) is 15.8. The molecule has 1 N–H and O–H groups in total. The number of urea groups is 1. The van der Waals surface area contributed by atoms with Crippen molar-refractivity contribution in [3.05, 3.63) is 0 Å². The number of carbonyl (C=O) groups is 1. The third kappa shape index (κ3) is 5.76. The Morgan fingerprint density at radius 2 is 2.00 bits per heavy atom. The Morgan fingerprint density at radius 1 is 1.23 bits per heavy atom. The maximum Gasteiger partial charge on any atom is 0.317 e. The van der Waals surface area contributed by atoms with E-state index in [-0.39, 0.29) is 6.03 Å². The summed E-state index contributed by atoms with van der Waals surface area (Å²) in [5, 5.41) is 3.05. The number of ether oxygens (including phenoxy) is 2. The zero-order valence-corrected chi connectivity index (χ0v) is 14.2. The summed E-state index contributed by atoms with van der Waals surface area (Å²) in [5.74, 6) is 0.604. The first kappa shape index (κ1) is 17.5. The molecule has 5 heteroatoms. The van der Waals surface area contributed by atoms with Gasteiger partial charge in [-0.05, 0) is 44.9 Å². The molecule has 2 unspecified atom stereocenters. The van der Waals surface area contributed by atoms with Crippen molar-refractivity contribution < 1.29 is 14.3 Å². The lowest BCUT2D eigenvalue weighted by atomic mass is 10.1. The molecule has 128 valence electrons. The van der Waals surface area contributed by atoms with Gasteiger partial charge >= 0.3 is 6.03 Å². The Labute approximate surface area is 134 Å². The van der Waals surface area contributed by atoms with E-state index < -0.39 is 0 Å². The van der Waals surface area contributed by atoms with Crippen LogP contribution in [0.5, 0.6) is 0 Å². The molecule has 0 aromatic rings. The van der Waals surface area contributed by atoms with Crippen molar-refractivity contribution in [1.29, 1.82) is 0 Å². The molecule has 2 fully saturated rings. The number of nitrogens with zero attached hydrogens (tertiary/aromatic N) is 1. The lowest BCUT2D eigenvalue weighted by Crippen LogP contribution is -2.46. The predicted octanol–water partition coefficient (Wildman–Crippen LogP) is 2.79. The van der Waals surface area contributed by atoms with Crippen LogP contribution in [0.4, 0.5) is 4.79 Å². The molecule has 0 saturated carbocycles. The largest absolute Gasteiger partial charge is 0.381 e. The van der Waals surface area contributed by atoms with Gasteiger partial charge in [0.2, 0.25) is 0 Å². The topological polar surface area (TPSA) is 50.8 Å². The van der Waals surface area contributed by atoms with Crippen molar-refractivity contribution in [2.45, 2.75) is 64.5 Å². The monoisotopic (exact) mass is 312 g/mol. The van der Waals surface area contributed by atoms with Crippen LogP contribution in [0, 0.1) is 5.92 Å². The first-order valence-corrected chi connectivity index (χ1v) is 8.90. The van der Waals surface area contributed by atoms with Crippen LogP contribution in [0.1, 0.15) is 52.4 Å². The van der Waals surface area contributed by atoms with E-state index >= 15 is 0 Å². The molecule has 0 bridgehead atoms. The van der Waals surface area contributed by atoms with E-state index in [1.807, 2.05) is 4.90 Å². The Hall–Kier alpha value is -0.810. The third-order valence-electron chi connectivity index (χ3n) is 4.74. The predicted molar refractivity (Wildman–Crippen MR) is 87.0 cm³/mol. The standard InChI is InChI=1S/C17H32N2O3/c1-14-5-3-6-15(2)19(13-14)17(20)18-9-4-10-22-16-7-11-21-12-8-16/h14-16H,3-13H2,1-2H3,(H,18,20). The Kier molecular flexibility index (Phi) is 7.46. The van der Waals surface area contributed by atoms with Crippen LogP contribution in [0.3, 0.4) is 0 Å². The van der Waals surface area contributed by atoms with Gasteiger partial charge in [-0.2, -0.15) is 0 Å². The quantitative estimate of drug-likeness (QED) is 0.794. The van der Waals surface area contributed by atoms with Gasteiger partial charge in [-0.25, -0.2) is 4.79 Å². The van der Waals surface area contributed by atoms with Crippen LogP contribution in [-0.4, -0.2) is 56.0 Å². The van der Waals surface area contributed by atoms with E-state index in [1.165, 1.54) is 12.8 Å². The molecule has 0 aromatic carbocycles.